The van der Waals surface area contributed by atoms with Gasteiger partial charge in [-0.1, -0.05) is 51.1 Å². The van der Waals surface area contributed by atoms with Crippen molar-refractivity contribution in [1.82, 2.24) is 0 Å². The summed E-state index contributed by atoms with van der Waals surface area (Å²) < 4.78 is 6.10. The van der Waals surface area contributed by atoms with Gasteiger partial charge in [-0.2, -0.15) is 0 Å². The maximum absolute atomic E-state index is 6.10. The van der Waals surface area contributed by atoms with Crippen molar-refractivity contribution in [2.24, 2.45) is 16.7 Å². The van der Waals surface area contributed by atoms with Crippen LogP contribution in [-0.2, 0) is 4.74 Å². The van der Waals surface area contributed by atoms with Gasteiger partial charge in [-0.05, 0) is 42.2 Å². The lowest BCUT2D eigenvalue weighted by atomic mass is 9.70. The molecule has 3 unspecified atom stereocenters. The van der Waals surface area contributed by atoms with E-state index < -0.39 is 0 Å². The van der Waals surface area contributed by atoms with Gasteiger partial charge in [-0.15, -0.1) is 0 Å². The van der Waals surface area contributed by atoms with Crippen LogP contribution >= 0.6 is 0 Å². The van der Waals surface area contributed by atoms with Crippen LogP contribution in [0.3, 0.4) is 0 Å². The largest absolute Gasteiger partial charge is 0.497 e. The van der Waals surface area contributed by atoms with Gasteiger partial charge in [0.15, 0.2) is 0 Å². The molecule has 102 valence electrons. The van der Waals surface area contributed by atoms with Crippen molar-refractivity contribution in [3.63, 3.8) is 0 Å². The van der Waals surface area contributed by atoms with Gasteiger partial charge < -0.3 is 4.74 Å². The Labute approximate surface area is 116 Å². The number of hydrogen-bond acceptors (Lipinski definition) is 1. The van der Waals surface area contributed by atoms with Crippen LogP contribution in [0.4, 0.5) is 0 Å². The average molecular weight is 256 g/mol. The molecule has 3 atom stereocenters. The molecule has 1 heteroatoms. The first kappa shape index (κ1) is 12.8. The highest BCUT2D eigenvalue weighted by molar-refractivity contribution is 5.47. The van der Waals surface area contributed by atoms with Crippen molar-refractivity contribution in [3.05, 3.63) is 42.2 Å². The lowest BCUT2D eigenvalue weighted by Gasteiger charge is -2.38. The Balaban J connectivity index is 1.68. The molecule has 2 aliphatic rings. The summed E-state index contributed by atoms with van der Waals surface area (Å²) in [5.74, 6) is 0.840. The maximum atomic E-state index is 6.10. The van der Waals surface area contributed by atoms with Crippen LogP contribution in [0.1, 0.15) is 45.6 Å². The first-order chi connectivity index (χ1) is 9.04. The molecule has 2 saturated carbocycles. The minimum atomic E-state index is 0.346. The molecule has 19 heavy (non-hydrogen) atoms. The second-order valence-electron chi connectivity index (χ2n) is 6.95. The van der Waals surface area contributed by atoms with E-state index in [1.165, 1.54) is 24.8 Å². The first-order valence-electron chi connectivity index (χ1n) is 7.41. The fourth-order valence-corrected chi connectivity index (χ4v) is 4.11. The number of rotatable bonds is 3. The fraction of sp³-hybridized carbons (Fsp3) is 0.556. The van der Waals surface area contributed by atoms with Gasteiger partial charge in [-0.3, -0.25) is 0 Å². The Hall–Kier alpha value is -1.24. The molecule has 1 aromatic carbocycles. The van der Waals surface area contributed by atoms with Crippen molar-refractivity contribution in [2.75, 3.05) is 0 Å². The molecule has 1 aromatic rings. The van der Waals surface area contributed by atoms with Crippen LogP contribution in [0.2, 0.25) is 0 Å². The molecule has 2 bridgehead atoms. The topological polar surface area (TPSA) is 9.23 Å². The van der Waals surface area contributed by atoms with Crippen LogP contribution in [-0.4, -0.2) is 6.10 Å². The van der Waals surface area contributed by atoms with E-state index in [9.17, 15) is 0 Å². The van der Waals surface area contributed by atoms with Crippen molar-refractivity contribution in [2.45, 2.75) is 46.1 Å². The highest BCUT2D eigenvalue weighted by atomic mass is 16.5. The zero-order valence-corrected chi connectivity index (χ0v) is 12.2. The van der Waals surface area contributed by atoms with Gasteiger partial charge in [0, 0.05) is 5.41 Å². The molecule has 2 fully saturated rings. The van der Waals surface area contributed by atoms with Gasteiger partial charge in [0.2, 0.25) is 0 Å². The predicted molar refractivity (Wildman–Crippen MR) is 79.6 cm³/mol. The van der Waals surface area contributed by atoms with E-state index in [0.717, 1.165) is 5.92 Å². The van der Waals surface area contributed by atoms with Crippen molar-refractivity contribution in [3.8, 4) is 0 Å². The van der Waals surface area contributed by atoms with Crippen LogP contribution < -0.4 is 0 Å². The standard InChI is InChI=1S/C18H24O/c1-17(2)15-9-11-18(17,3)16(13-15)19-12-10-14-7-5-4-6-8-14/h4-8,10,12,15-16H,9,11,13H2,1-3H3. The molecule has 2 aliphatic carbocycles. The normalized spacial score (nSPS) is 35.9. The van der Waals surface area contributed by atoms with Crippen molar-refractivity contribution in [1.29, 1.82) is 0 Å². The summed E-state index contributed by atoms with van der Waals surface area (Å²) in [5, 5.41) is 0. The Morgan fingerprint density at radius 2 is 1.89 bits per heavy atom. The summed E-state index contributed by atoms with van der Waals surface area (Å²) in [7, 11) is 0. The molecule has 0 radical (unpaired) electrons. The molecule has 0 spiro atoms. The molecule has 3 rings (SSSR count). The lowest BCUT2D eigenvalue weighted by Crippen LogP contribution is -2.36. The van der Waals surface area contributed by atoms with E-state index in [4.69, 9.17) is 4.74 Å². The van der Waals surface area contributed by atoms with Crippen LogP contribution in [0.15, 0.2) is 36.6 Å². The second kappa shape index (κ2) is 4.40. The van der Waals surface area contributed by atoms with Gasteiger partial charge in [0.05, 0.1) is 6.26 Å². The van der Waals surface area contributed by atoms with Gasteiger partial charge in [0.1, 0.15) is 6.10 Å². The zero-order chi connectivity index (χ0) is 13.5. The smallest absolute Gasteiger partial charge is 0.104 e. The minimum absolute atomic E-state index is 0.346. The van der Waals surface area contributed by atoms with Gasteiger partial charge in [0.25, 0.3) is 0 Å². The minimum Gasteiger partial charge on any atom is -0.497 e. The van der Waals surface area contributed by atoms with Crippen molar-refractivity contribution >= 4 is 6.08 Å². The fourth-order valence-electron chi connectivity index (χ4n) is 4.11. The zero-order valence-electron chi connectivity index (χ0n) is 12.2. The van der Waals surface area contributed by atoms with Crippen LogP contribution in [0, 0.1) is 16.7 Å². The number of benzene rings is 1. The molecule has 0 aromatic heterocycles. The highest BCUT2D eigenvalue weighted by Crippen LogP contribution is 2.66. The van der Waals surface area contributed by atoms with E-state index in [-0.39, 0.29) is 0 Å². The summed E-state index contributed by atoms with van der Waals surface area (Å²) in [6.45, 7) is 7.27. The predicted octanol–water partition coefficient (Wildman–Crippen LogP) is 4.89. The molecular weight excluding hydrogens is 232 g/mol. The summed E-state index contributed by atoms with van der Waals surface area (Å²) in [6.07, 6.45) is 8.29. The first-order valence-corrected chi connectivity index (χ1v) is 7.41. The highest BCUT2D eigenvalue weighted by Gasteiger charge is 2.62. The monoisotopic (exact) mass is 256 g/mol. The summed E-state index contributed by atoms with van der Waals surface area (Å²) in [6, 6.07) is 10.4. The number of fused-ring (bicyclic) bond motifs is 2. The second-order valence-corrected chi connectivity index (χ2v) is 6.95. The maximum Gasteiger partial charge on any atom is 0.104 e. The molecule has 1 nitrogen and oxygen atoms in total. The van der Waals surface area contributed by atoms with Crippen LogP contribution in [0.25, 0.3) is 6.08 Å². The number of hydrogen-bond donors (Lipinski definition) is 0. The third kappa shape index (κ3) is 1.91. The third-order valence-electron chi connectivity index (χ3n) is 6.02. The molecule has 0 N–H and O–H groups in total. The van der Waals surface area contributed by atoms with Gasteiger partial charge in [-0.25, -0.2) is 0 Å². The summed E-state index contributed by atoms with van der Waals surface area (Å²) in [4.78, 5) is 0. The molecule has 0 aliphatic heterocycles. The lowest BCUT2D eigenvalue weighted by molar-refractivity contribution is 0.00222. The Kier molecular flexibility index (Phi) is 2.96. The van der Waals surface area contributed by atoms with E-state index in [1.54, 1.807) is 0 Å². The average Bonchev–Trinajstić information content (AvgIpc) is 2.73. The van der Waals surface area contributed by atoms with E-state index in [0.29, 0.717) is 16.9 Å². The van der Waals surface area contributed by atoms with E-state index in [1.807, 2.05) is 12.3 Å². The Morgan fingerprint density at radius 3 is 2.47 bits per heavy atom. The summed E-state index contributed by atoms with van der Waals surface area (Å²) >= 11 is 0. The molecule has 0 heterocycles. The molecule has 0 saturated heterocycles. The molecule has 0 amide bonds. The third-order valence-corrected chi connectivity index (χ3v) is 6.02. The quantitative estimate of drug-likeness (QED) is 0.700. The summed E-state index contributed by atoms with van der Waals surface area (Å²) in [5.41, 5.74) is 1.98. The Bertz CT molecular complexity index is 474. The molecular formula is C18H24O. The van der Waals surface area contributed by atoms with Crippen molar-refractivity contribution < 1.29 is 4.74 Å². The van der Waals surface area contributed by atoms with E-state index >= 15 is 0 Å². The Morgan fingerprint density at radius 1 is 1.16 bits per heavy atom. The van der Waals surface area contributed by atoms with Crippen LogP contribution in [0.5, 0.6) is 0 Å². The SMILES string of the molecule is CC1(C)C2CCC1(C)C(OC=Cc1ccccc1)C2. The van der Waals surface area contributed by atoms with E-state index in [2.05, 4.69) is 51.1 Å². The van der Waals surface area contributed by atoms with Gasteiger partial charge >= 0.3 is 0 Å². The number of ether oxygens (including phenoxy) is 1.